The number of hydrogen-bond donors (Lipinski definition) is 1. The fourth-order valence-electron chi connectivity index (χ4n) is 2.18. The fourth-order valence-corrected chi connectivity index (χ4v) is 2.18. The van der Waals surface area contributed by atoms with Crippen LogP contribution in [0.25, 0.3) is 0 Å². The second-order valence-corrected chi connectivity index (χ2v) is 5.12. The zero-order valence-corrected chi connectivity index (χ0v) is 12.9. The largest absolute Gasteiger partial charge is 0.507 e. The molecular formula is C19H17NO3. The molecule has 0 aliphatic carbocycles. The summed E-state index contributed by atoms with van der Waals surface area (Å²) in [5.74, 6) is 0.211. The number of allylic oxidation sites excluding steroid dienone is 1. The number of nitriles is 1. The van der Waals surface area contributed by atoms with Gasteiger partial charge in [-0.3, -0.25) is 4.79 Å². The van der Waals surface area contributed by atoms with Gasteiger partial charge in [-0.1, -0.05) is 18.2 Å². The zero-order chi connectivity index (χ0) is 16.8. The predicted octanol–water partition coefficient (Wildman–Crippen LogP) is 3.77. The molecule has 0 heterocycles. The average Bonchev–Trinajstić information content (AvgIpc) is 2.55. The highest BCUT2D eigenvalue weighted by molar-refractivity contribution is 5.97. The Balaban J connectivity index is 2.23. The summed E-state index contributed by atoms with van der Waals surface area (Å²) < 4.78 is 5.76. The number of Topliss-reactive ketones (excluding diaryl/α,β-unsaturated/α-hetero) is 1. The van der Waals surface area contributed by atoms with E-state index in [1.165, 1.54) is 13.0 Å². The highest BCUT2D eigenvalue weighted by Gasteiger charge is 2.13. The number of phenolic OH excluding ortho intramolecular Hbond substituents is 1. The predicted molar refractivity (Wildman–Crippen MR) is 87.5 cm³/mol. The van der Waals surface area contributed by atoms with Crippen LogP contribution in [0.3, 0.4) is 0 Å². The van der Waals surface area contributed by atoms with Crippen molar-refractivity contribution in [1.82, 2.24) is 0 Å². The number of rotatable bonds is 6. The number of nitrogens with zero attached hydrogens (tertiary/aromatic N) is 1. The van der Waals surface area contributed by atoms with E-state index in [1.807, 2.05) is 12.1 Å². The number of ketones is 1. The van der Waals surface area contributed by atoms with Crippen LogP contribution in [0, 0.1) is 11.3 Å². The van der Waals surface area contributed by atoms with Crippen LogP contribution in [0.15, 0.2) is 49.1 Å². The van der Waals surface area contributed by atoms with Crippen LogP contribution in [0.5, 0.6) is 11.5 Å². The van der Waals surface area contributed by atoms with Gasteiger partial charge in [0, 0.05) is 6.07 Å². The maximum Gasteiger partial charge on any atom is 0.163 e. The number of phenols is 1. The first-order valence-electron chi connectivity index (χ1n) is 7.14. The number of ether oxygens (including phenoxy) is 1. The number of hydrogen-bond acceptors (Lipinski definition) is 4. The topological polar surface area (TPSA) is 70.3 Å². The lowest BCUT2D eigenvalue weighted by Crippen LogP contribution is -2.01. The molecule has 0 atom stereocenters. The van der Waals surface area contributed by atoms with Crippen LogP contribution in [0.1, 0.15) is 34.0 Å². The molecule has 4 heteroatoms. The van der Waals surface area contributed by atoms with Crippen LogP contribution in [0.2, 0.25) is 0 Å². The van der Waals surface area contributed by atoms with Crippen LogP contribution in [-0.2, 0) is 13.0 Å². The van der Waals surface area contributed by atoms with Crippen LogP contribution in [-0.4, -0.2) is 10.9 Å². The minimum Gasteiger partial charge on any atom is -0.507 e. The third kappa shape index (κ3) is 3.98. The van der Waals surface area contributed by atoms with E-state index in [2.05, 4.69) is 12.6 Å². The average molecular weight is 307 g/mol. The van der Waals surface area contributed by atoms with E-state index < -0.39 is 0 Å². The molecular weight excluding hydrogens is 290 g/mol. The molecule has 23 heavy (non-hydrogen) atoms. The van der Waals surface area contributed by atoms with Crippen molar-refractivity contribution in [3.8, 4) is 17.6 Å². The van der Waals surface area contributed by atoms with Crippen LogP contribution >= 0.6 is 0 Å². The Morgan fingerprint density at radius 2 is 2.04 bits per heavy atom. The van der Waals surface area contributed by atoms with Gasteiger partial charge >= 0.3 is 0 Å². The first-order chi connectivity index (χ1) is 11.0. The molecule has 1 N–H and O–H groups in total. The van der Waals surface area contributed by atoms with E-state index in [-0.39, 0.29) is 17.1 Å². The lowest BCUT2D eigenvalue weighted by atomic mass is 10.0. The van der Waals surface area contributed by atoms with Crippen molar-refractivity contribution in [2.45, 2.75) is 20.0 Å². The molecule has 0 fully saturated rings. The second kappa shape index (κ2) is 7.28. The Labute approximate surface area is 135 Å². The Kier molecular flexibility index (Phi) is 5.16. The first kappa shape index (κ1) is 16.3. The summed E-state index contributed by atoms with van der Waals surface area (Å²) in [5.41, 5.74) is 2.55. The van der Waals surface area contributed by atoms with Gasteiger partial charge in [-0.25, -0.2) is 0 Å². The summed E-state index contributed by atoms with van der Waals surface area (Å²) in [6.07, 6.45) is 2.24. The van der Waals surface area contributed by atoms with E-state index >= 15 is 0 Å². The molecule has 0 spiro atoms. The first-order valence-corrected chi connectivity index (χ1v) is 7.14. The Morgan fingerprint density at radius 3 is 2.61 bits per heavy atom. The number of aromatic hydroxyl groups is 1. The van der Waals surface area contributed by atoms with E-state index in [0.717, 1.165) is 11.1 Å². The smallest absolute Gasteiger partial charge is 0.163 e. The molecule has 0 radical (unpaired) electrons. The number of benzene rings is 2. The maximum atomic E-state index is 11.5. The summed E-state index contributed by atoms with van der Waals surface area (Å²) in [6, 6.07) is 12.2. The third-order valence-corrected chi connectivity index (χ3v) is 3.40. The molecule has 0 aromatic heterocycles. The van der Waals surface area contributed by atoms with Crippen LogP contribution < -0.4 is 4.74 Å². The summed E-state index contributed by atoms with van der Waals surface area (Å²) in [7, 11) is 0. The van der Waals surface area contributed by atoms with E-state index in [9.17, 15) is 9.90 Å². The quantitative estimate of drug-likeness (QED) is 0.651. The van der Waals surface area contributed by atoms with Gasteiger partial charge < -0.3 is 9.84 Å². The van der Waals surface area contributed by atoms with E-state index in [4.69, 9.17) is 10.00 Å². The molecule has 2 rings (SSSR count). The Bertz CT molecular complexity index is 770. The number of carbonyl (C=O) groups is 1. The maximum absolute atomic E-state index is 11.5. The van der Waals surface area contributed by atoms with Crippen molar-refractivity contribution in [3.63, 3.8) is 0 Å². The zero-order valence-electron chi connectivity index (χ0n) is 12.9. The lowest BCUT2D eigenvalue weighted by Gasteiger charge is -2.13. The molecule has 2 aromatic rings. The molecule has 0 amide bonds. The summed E-state index contributed by atoms with van der Waals surface area (Å²) in [4.78, 5) is 11.5. The van der Waals surface area contributed by atoms with E-state index in [1.54, 1.807) is 24.3 Å². The lowest BCUT2D eigenvalue weighted by molar-refractivity contribution is 0.101. The van der Waals surface area contributed by atoms with Gasteiger partial charge in [0.2, 0.25) is 0 Å². The molecule has 2 aromatic carbocycles. The van der Waals surface area contributed by atoms with Crippen molar-refractivity contribution in [1.29, 1.82) is 5.26 Å². The summed E-state index contributed by atoms with van der Waals surface area (Å²) >= 11 is 0. The van der Waals surface area contributed by atoms with E-state index in [0.29, 0.717) is 24.3 Å². The van der Waals surface area contributed by atoms with Gasteiger partial charge in [0.15, 0.2) is 5.78 Å². The summed E-state index contributed by atoms with van der Waals surface area (Å²) in [6.45, 7) is 5.40. The Hall–Kier alpha value is -3.06. The van der Waals surface area contributed by atoms with Crippen molar-refractivity contribution in [3.05, 3.63) is 71.3 Å². The molecule has 0 saturated heterocycles. The minimum atomic E-state index is -0.202. The molecule has 0 unspecified atom stereocenters. The fraction of sp³-hybridized carbons (Fsp3) is 0.158. The van der Waals surface area contributed by atoms with Gasteiger partial charge in [0.25, 0.3) is 0 Å². The van der Waals surface area contributed by atoms with Gasteiger partial charge in [-0.15, -0.1) is 6.58 Å². The second-order valence-electron chi connectivity index (χ2n) is 5.12. The molecule has 0 aliphatic heterocycles. The highest BCUT2D eigenvalue weighted by Crippen LogP contribution is 2.30. The van der Waals surface area contributed by atoms with Gasteiger partial charge in [0.1, 0.15) is 18.1 Å². The molecule has 116 valence electrons. The number of carbonyl (C=O) groups excluding carboxylic acids is 1. The van der Waals surface area contributed by atoms with Gasteiger partial charge in [-0.2, -0.15) is 5.26 Å². The summed E-state index contributed by atoms with van der Waals surface area (Å²) in [5, 5.41) is 18.7. The van der Waals surface area contributed by atoms with Crippen molar-refractivity contribution < 1.29 is 14.6 Å². The van der Waals surface area contributed by atoms with Crippen molar-refractivity contribution >= 4 is 5.78 Å². The minimum absolute atomic E-state index is 0.0971. The monoisotopic (exact) mass is 307 g/mol. The SMILES string of the molecule is C=CCc1cc(C(C)=O)c(O)cc1OCc1ccc(C#N)cc1. The molecule has 0 bridgehead atoms. The Morgan fingerprint density at radius 1 is 1.35 bits per heavy atom. The normalized spacial score (nSPS) is 9.91. The molecule has 0 aliphatic rings. The van der Waals surface area contributed by atoms with Gasteiger partial charge in [-0.05, 0) is 42.7 Å². The van der Waals surface area contributed by atoms with Crippen LogP contribution in [0.4, 0.5) is 0 Å². The molecule has 4 nitrogen and oxygen atoms in total. The van der Waals surface area contributed by atoms with Gasteiger partial charge in [0.05, 0.1) is 17.2 Å². The highest BCUT2D eigenvalue weighted by atomic mass is 16.5. The van der Waals surface area contributed by atoms with Crippen molar-refractivity contribution in [2.75, 3.05) is 0 Å². The van der Waals surface area contributed by atoms with Crippen molar-refractivity contribution in [2.24, 2.45) is 0 Å². The standard InChI is InChI=1S/C19H17NO3/c1-3-4-16-9-17(13(2)21)18(22)10-19(16)23-12-15-7-5-14(11-20)6-8-15/h3,5-10,22H,1,4,12H2,2H3. The third-order valence-electron chi connectivity index (χ3n) is 3.40. The molecule has 0 saturated carbocycles.